The summed E-state index contributed by atoms with van der Waals surface area (Å²) in [6.45, 7) is 0.808. The summed E-state index contributed by atoms with van der Waals surface area (Å²) in [6.07, 6.45) is -3.66. The van der Waals surface area contributed by atoms with E-state index in [1.54, 1.807) is 23.1 Å². The minimum absolute atomic E-state index is 0.201. The van der Waals surface area contributed by atoms with Crippen LogP contribution >= 0.6 is 0 Å². The topological polar surface area (TPSA) is 73.9 Å². The van der Waals surface area contributed by atoms with E-state index in [9.17, 15) is 22.8 Å². The van der Waals surface area contributed by atoms with E-state index in [2.05, 4.69) is 4.74 Å². The van der Waals surface area contributed by atoms with Crippen molar-refractivity contribution in [2.75, 3.05) is 13.7 Å². The molecule has 2 aromatic carbocycles. The van der Waals surface area contributed by atoms with Crippen LogP contribution in [0.25, 0.3) is 22.2 Å². The fraction of sp³-hybridized carbons (Fsp3) is 0.333. The SMILES string of the molecule is COC(=O)N1CCC[C@H]1Cn1c(=O)oc2ccc(-c3ccc(OC(F)(F)F)cc3)cc21. The third kappa shape index (κ3) is 4.37. The number of methoxy groups -OCH3 is 1. The zero-order valence-electron chi connectivity index (χ0n) is 16.5. The number of hydrogen-bond acceptors (Lipinski definition) is 5. The first-order chi connectivity index (χ1) is 14.7. The van der Waals surface area contributed by atoms with Crippen LogP contribution in [0, 0.1) is 0 Å². The highest BCUT2D eigenvalue weighted by molar-refractivity contribution is 5.81. The zero-order chi connectivity index (χ0) is 22.2. The van der Waals surface area contributed by atoms with Crippen LogP contribution in [-0.2, 0) is 11.3 Å². The van der Waals surface area contributed by atoms with Gasteiger partial charge in [0.1, 0.15) is 5.75 Å². The Morgan fingerprint density at radius 3 is 2.55 bits per heavy atom. The molecule has 164 valence electrons. The fourth-order valence-corrected chi connectivity index (χ4v) is 3.86. The molecule has 0 radical (unpaired) electrons. The first-order valence-electron chi connectivity index (χ1n) is 9.59. The van der Waals surface area contributed by atoms with Crippen molar-refractivity contribution in [1.29, 1.82) is 0 Å². The van der Waals surface area contributed by atoms with Crippen molar-refractivity contribution in [1.82, 2.24) is 9.47 Å². The predicted molar refractivity (Wildman–Crippen MR) is 105 cm³/mol. The van der Waals surface area contributed by atoms with Crippen molar-refractivity contribution in [2.24, 2.45) is 0 Å². The Bertz CT molecular complexity index is 1150. The molecule has 1 amide bonds. The second-order valence-corrected chi connectivity index (χ2v) is 7.19. The smallest absolute Gasteiger partial charge is 0.453 e. The minimum atomic E-state index is -4.76. The highest BCUT2D eigenvalue weighted by atomic mass is 19.4. The van der Waals surface area contributed by atoms with Gasteiger partial charge in [-0.2, -0.15) is 0 Å². The molecule has 0 unspecified atom stereocenters. The lowest BCUT2D eigenvalue weighted by atomic mass is 10.1. The van der Waals surface area contributed by atoms with E-state index in [0.717, 1.165) is 12.8 Å². The molecule has 1 fully saturated rings. The molecular formula is C21H19F3N2O5. The maximum Gasteiger partial charge on any atom is 0.573 e. The summed E-state index contributed by atoms with van der Waals surface area (Å²) in [7, 11) is 1.31. The van der Waals surface area contributed by atoms with E-state index in [-0.39, 0.29) is 18.3 Å². The number of hydrogen-bond donors (Lipinski definition) is 0. The summed E-state index contributed by atoms with van der Waals surface area (Å²) >= 11 is 0. The van der Waals surface area contributed by atoms with Crippen molar-refractivity contribution in [3.05, 3.63) is 53.0 Å². The van der Waals surface area contributed by atoms with Gasteiger partial charge in [-0.1, -0.05) is 18.2 Å². The average molecular weight is 436 g/mol. The molecule has 1 aliphatic rings. The third-order valence-corrected chi connectivity index (χ3v) is 5.27. The van der Waals surface area contributed by atoms with Crippen molar-refractivity contribution < 1.29 is 31.9 Å². The number of halogens is 3. The number of fused-ring (bicyclic) bond motifs is 1. The fourth-order valence-electron chi connectivity index (χ4n) is 3.86. The van der Waals surface area contributed by atoms with Crippen LogP contribution in [0.1, 0.15) is 12.8 Å². The minimum Gasteiger partial charge on any atom is -0.453 e. The highest BCUT2D eigenvalue weighted by Crippen LogP contribution is 2.29. The van der Waals surface area contributed by atoms with Crippen molar-refractivity contribution in [3.63, 3.8) is 0 Å². The first-order valence-corrected chi connectivity index (χ1v) is 9.59. The van der Waals surface area contributed by atoms with Gasteiger partial charge >= 0.3 is 18.2 Å². The van der Waals surface area contributed by atoms with E-state index in [1.165, 1.54) is 35.9 Å². The van der Waals surface area contributed by atoms with Crippen LogP contribution in [0.4, 0.5) is 18.0 Å². The number of oxazole rings is 1. The van der Waals surface area contributed by atoms with Gasteiger partial charge in [0.05, 0.1) is 25.2 Å². The largest absolute Gasteiger partial charge is 0.573 e. The molecule has 7 nitrogen and oxygen atoms in total. The van der Waals surface area contributed by atoms with Crippen molar-refractivity contribution in [3.8, 4) is 16.9 Å². The molecule has 0 saturated carbocycles. The van der Waals surface area contributed by atoms with Gasteiger partial charge in [-0.15, -0.1) is 13.2 Å². The Hall–Kier alpha value is -3.43. The highest BCUT2D eigenvalue weighted by Gasteiger charge is 2.31. The van der Waals surface area contributed by atoms with Crippen LogP contribution in [0.2, 0.25) is 0 Å². The molecule has 4 rings (SSSR count). The summed E-state index contributed by atoms with van der Waals surface area (Å²) in [6, 6.07) is 10.3. The predicted octanol–water partition coefficient (Wildman–Crippen LogP) is 4.39. The molecule has 0 aliphatic carbocycles. The maximum absolute atomic E-state index is 12.4. The molecule has 0 bridgehead atoms. The molecule has 1 saturated heterocycles. The number of alkyl halides is 3. The monoisotopic (exact) mass is 436 g/mol. The van der Waals surface area contributed by atoms with E-state index < -0.39 is 18.2 Å². The molecule has 1 atom stereocenters. The molecule has 0 N–H and O–H groups in total. The van der Waals surface area contributed by atoms with Gasteiger partial charge in [0, 0.05) is 6.54 Å². The van der Waals surface area contributed by atoms with Crippen LogP contribution in [0.3, 0.4) is 0 Å². The Morgan fingerprint density at radius 2 is 1.87 bits per heavy atom. The zero-order valence-corrected chi connectivity index (χ0v) is 16.5. The van der Waals surface area contributed by atoms with Gasteiger partial charge in [-0.05, 0) is 48.2 Å². The Morgan fingerprint density at radius 1 is 1.16 bits per heavy atom. The number of aromatic nitrogens is 1. The summed E-state index contributed by atoms with van der Waals surface area (Å²) < 4.78 is 52.6. The van der Waals surface area contributed by atoms with E-state index >= 15 is 0 Å². The van der Waals surface area contributed by atoms with E-state index in [1.807, 2.05) is 0 Å². The summed E-state index contributed by atoms with van der Waals surface area (Å²) in [4.78, 5) is 26.0. The van der Waals surface area contributed by atoms with Crippen LogP contribution < -0.4 is 10.5 Å². The number of carbonyl (C=O) groups excluding carboxylic acids is 1. The Kier molecular flexibility index (Phi) is 5.38. The van der Waals surface area contributed by atoms with Crippen LogP contribution in [-0.4, -0.2) is 41.6 Å². The molecule has 2 heterocycles. The number of amides is 1. The number of ether oxygens (including phenoxy) is 2. The van der Waals surface area contributed by atoms with E-state index in [4.69, 9.17) is 9.15 Å². The second-order valence-electron chi connectivity index (χ2n) is 7.19. The number of benzene rings is 2. The van der Waals surface area contributed by atoms with Crippen LogP contribution in [0.15, 0.2) is 51.7 Å². The lowest BCUT2D eigenvalue weighted by Crippen LogP contribution is -2.39. The second kappa shape index (κ2) is 8.01. The quantitative estimate of drug-likeness (QED) is 0.607. The molecule has 1 aromatic heterocycles. The van der Waals surface area contributed by atoms with Gasteiger partial charge in [-0.25, -0.2) is 9.59 Å². The number of rotatable bonds is 4. The van der Waals surface area contributed by atoms with E-state index in [0.29, 0.717) is 28.8 Å². The van der Waals surface area contributed by atoms with Gasteiger partial charge in [0.25, 0.3) is 0 Å². The maximum atomic E-state index is 12.4. The molecule has 0 spiro atoms. The molecule has 31 heavy (non-hydrogen) atoms. The lowest BCUT2D eigenvalue weighted by molar-refractivity contribution is -0.274. The number of carbonyl (C=O) groups is 1. The van der Waals surface area contributed by atoms with Crippen LogP contribution in [0.5, 0.6) is 5.75 Å². The molecule has 3 aromatic rings. The van der Waals surface area contributed by atoms with Gasteiger partial charge in [0.2, 0.25) is 0 Å². The molecular weight excluding hydrogens is 417 g/mol. The van der Waals surface area contributed by atoms with Gasteiger partial charge < -0.3 is 18.8 Å². The number of nitrogens with zero attached hydrogens (tertiary/aromatic N) is 2. The molecule has 1 aliphatic heterocycles. The average Bonchev–Trinajstić information content (AvgIpc) is 3.31. The van der Waals surface area contributed by atoms with Gasteiger partial charge in [-0.3, -0.25) is 4.57 Å². The Labute approximate surface area is 174 Å². The summed E-state index contributed by atoms with van der Waals surface area (Å²) in [5, 5.41) is 0. The van der Waals surface area contributed by atoms with Crippen molar-refractivity contribution >= 4 is 17.2 Å². The normalized spacial score (nSPS) is 16.6. The van der Waals surface area contributed by atoms with Gasteiger partial charge in [0.15, 0.2) is 5.58 Å². The molecule has 10 heteroatoms. The first kappa shape index (κ1) is 20.8. The summed E-state index contributed by atoms with van der Waals surface area (Å²) in [5.41, 5.74) is 2.26. The third-order valence-electron chi connectivity index (χ3n) is 5.27. The standard InChI is InChI=1S/C21H19F3N2O5/c1-29-19(27)25-10-2-3-15(25)12-26-17-11-14(6-9-18(17)30-20(26)28)13-4-7-16(8-5-13)31-21(22,23)24/h4-9,11,15H,2-3,10,12H2,1H3/t15-/m0/s1. The van der Waals surface area contributed by atoms with Crippen molar-refractivity contribution in [2.45, 2.75) is 31.8 Å². The lowest BCUT2D eigenvalue weighted by Gasteiger charge is -2.23. The summed E-state index contributed by atoms with van der Waals surface area (Å²) in [5.74, 6) is -0.862. The number of likely N-dealkylation sites (tertiary alicyclic amines) is 1. The Balaban J connectivity index is 1.63.